The summed E-state index contributed by atoms with van der Waals surface area (Å²) < 4.78 is 6.37. The van der Waals surface area contributed by atoms with E-state index in [-0.39, 0.29) is 17.0 Å². The summed E-state index contributed by atoms with van der Waals surface area (Å²) in [6.45, 7) is 5.61. The van der Waals surface area contributed by atoms with Crippen molar-refractivity contribution in [3.8, 4) is 10.6 Å². The molecule has 2 aromatic heterocycles. The van der Waals surface area contributed by atoms with Crippen molar-refractivity contribution in [2.45, 2.75) is 26.8 Å². The van der Waals surface area contributed by atoms with E-state index in [0.29, 0.717) is 28.0 Å². The van der Waals surface area contributed by atoms with Crippen molar-refractivity contribution < 1.29 is 14.3 Å². The number of carboxylic acid groups (broad SMARTS) is 1. The smallest absolute Gasteiger partial charge is 0.337 e. The van der Waals surface area contributed by atoms with Crippen LogP contribution in [-0.2, 0) is 0 Å². The first-order valence-corrected chi connectivity index (χ1v) is 11.3. The van der Waals surface area contributed by atoms with Gasteiger partial charge in [0.1, 0.15) is 5.58 Å². The van der Waals surface area contributed by atoms with Crippen LogP contribution in [-0.4, -0.2) is 30.2 Å². The molecule has 33 heavy (non-hydrogen) atoms. The van der Waals surface area contributed by atoms with Crippen molar-refractivity contribution in [3.05, 3.63) is 75.1 Å². The average molecular weight is 464 g/mol. The van der Waals surface area contributed by atoms with Gasteiger partial charge in [0.05, 0.1) is 28.1 Å². The lowest BCUT2D eigenvalue weighted by molar-refractivity contribution is 0.0698. The van der Waals surface area contributed by atoms with Crippen LogP contribution < -0.4 is 15.6 Å². The van der Waals surface area contributed by atoms with Crippen LogP contribution in [0, 0.1) is 13.8 Å². The van der Waals surface area contributed by atoms with Gasteiger partial charge in [0, 0.05) is 30.9 Å². The Morgan fingerprint density at radius 1 is 1.21 bits per heavy atom. The van der Waals surface area contributed by atoms with Gasteiger partial charge in [-0.15, -0.1) is 0 Å². The lowest BCUT2D eigenvalue weighted by Gasteiger charge is -2.19. The number of anilines is 2. The molecule has 0 saturated carbocycles. The molecule has 1 atom stereocenters. The van der Waals surface area contributed by atoms with Gasteiger partial charge in [0.2, 0.25) is 0 Å². The zero-order chi connectivity index (χ0) is 23.9. The predicted molar refractivity (Wildman–Crippen MR) is 133 cm³/mol. The van der Waals surface area contributed by atoms with Gasteiger partial charge in [-0.2, -0.15) is 0 Å². The summed E-state index contributed by atoms with van der Waals surface area (Å²) in [5.41, 5.74) is 3.31. The Morgan fingerprint density at radius 2 is 1.94 bits per heavy atom. The van der Waals surface area contributed by atoms with Gasteiger partial charge < -0.3 is 19.7 Å². The molecule has 7 nitrogen and oxygen atoms in total. The van der Waals surface area contributed by atoms with E-state index < -0.39 is 5.97 Å². The standard InChI is InChI=1S/C25H25N3O4S/c1-13-10-17(15(3)27-19-9-7-6-8-16(19)24(30)31)23-18(11-13)21(29)14(2)22(32-23)20-12-26-25(33-20)28(4)5/h6-12,15,27H,1-5H3,(H,30,31)/t15-/m1/s1. The average Bonchev–Trinajstić information content (AvgIpc) is 3.26. The number of hydrogen-bond donors (Lipinski definition) is 2. The Bertz CT molecular complexity index is 1420. The minimum Gasteiger partial charge on any atom is -0.478 e. The van der Waals surface area contributed by atoms with Gasteiger partial charge in [-0.05, 0) is 44.5 Å². The van der Waals surface area contributed by atoms with Crippen molar-refractivity contribution >= 4 is 39.1 Å². The lowest BCUT2D eigenvalue weighted by Crippen LogP contribution is -2.13. The first-order chi connectivity index (χ1) is 15.7. The number of para-hydroxylation sites is 1. The van der Waals surface area contributed by atoms with Gasteiger partial charge in [-0.1, -0.05) is 29.5 Å². The second-order valence-electron chi connectivity index (χ2n) is 8.23. The van der Waals surface area contributed by atoms with Crippen molar-refractivity contribution in [2.75, 3.05) is 24.3 Å². The monoisotopic (exact) mass is 463 g/mol. The highest BCUT2D eigenvalue weighted by molar-refractivity contribution is 7.18. The normalized spacial score (nSPS) is 12.0. The van der Waals surface area contributed by atoms with E-state index in [9.17, 15) is 14.7 Å². The summed E-state index contributed by atoms with van der Waals surface area (Å²) in [5, 5.41) is 14.1. The molecule has 2 heterocycles. The third-order valence-corrected chi connectivity index (χ3v) is 6.65. The van der Waals surface area contributed by atoms with Gasteiger partial charge in [0.15, 0.2) is 16.3 Å². The summed E-state index contributed by atoms with van der Waals surface area (Å²) in [4.78, 5) is 32.0. The van der Waals surface area contributed by atoms with E-state index in [1.165, 1.54) is 11.3 Å². The molecule has 0 aliphatic heterocycles. The van der Waals surface area contributed by atoms with Crippen molar-refractivity contribution in [1.29, 1.82) is 0 Å². The summed E-state index contributed by atoms with van der Waals surface area (Å²) in [6.07, 6.45) is 1.72. The minimum absolute atomic E-state index is 0.0888. The first-order valence-electron chi connectivity index (χ1n) is 10.5. The highest BCUT2D eigenvalue weighted by Crippen LogP contribution is 2.36. The van der Waals surface area contributed by atoms with Gasteiger partial charge >= 0.3 is 5.97 Å². The van der Waals surface area contributed by atoms with E-state index in [1.807, 2.05) is 45.0 Å². The molecule has 0 spiro atoms. The zero-order valence-corrected chi connectivity index (χ0v) is 19.9. The predicted octanol–water partition coefficient (Wildman–Crippen LogP) is 5.47. The summed E-state index contributed by atoms with van der Waals surface area (Å²) >= 11 is 1.45. The Balaban J connectivity index is 1.87. The van der Waals surface area contributed by atoms with E-state index in [4.69, 9.17) is 4.42 Å². The fraction of sp³-hybridized carbons (Fsp3) is 0.240. The molecule has 0 unspecified atom stereocenters. The largest absolute Gasteiger partial charge is 0.478 e. The van der Waals surface area contributed by atoms with Gasteiger partial charge in [-0.3, -0.25) is 4.79 Å². The highest BCUT2D eigenvalue weighted by atomic mass is 32.1. The van der Waals surface area contributed by atoms with E-state index in [0.717, 1.165) is 21.1 Å². The molecular weight excluding hydrogens is 438 g/mol. The number of benzene rings is 2. The molecule has 4 aromatic rings. The Kier molecular flexibility index (Phi) is 5.95. The van der Waals surface area contributed by atoms with Crippen molar-refractivity contribution in [2.24, 2.45) is 0 Å². The second-order valence-corrected chi connectivity index (χ2v) is 9.24. The lowest BCUT2D eigenvalue weighted by atomic mass is 9.99. The van der Waals surface area contributed by atoms with E-state index in [1.54, 1.807) is 37.4 Å². The topological polar surface area (TPSA) is 95.7 Å². The van der Waals surface area contributed by atoms with Crippen molar-refractivity contribution in [1.82, 2.24) is 4.98 Å². The molecule has 0 saturated heterocycles. The second kappa shape index (κ2) is 8.71. The maximum Gasteiger partial charge on any atom is 0.337 e. The molecule has 0 fully saturated rings. The van der Waals surface area contributed by atoms with Crippen LogP contribution in [0.2, 0.25) is 0 Å². The quantitative estimate of drug-likeness (QED) is 0.391. The van der Waals surface area contributed by atoms with Crippen molar-refractivity contribution in [3.63, 3.8) is 0 Å². The number of aryl methyl sites for hydroxylation is 1. The van der Waals surface area contributed by atoms with Crippen LogP contribution in [0.15, 0.2) is 51.8 Å². The number of carboxylic acids is 1. The maximum absolute atomic E-state index is 13.3. The molecule has 4 rings (SSSR count). The summed E-state index contributed by atoms with van der Waals surface area (Å²) in [6, 6.07) is 10.2. The molecule has 8 heteroatoms. The Morgan fingerprint density at radius 3 is 2.61 bits per heavy atom. The number of nitrogens with zero attached hydrogens (tertiary/aromatic N) is 2. The fourth-order valence-corrected chi connectivity index (χ4v) is 4.68. The minimum atomic E-state index is -1.01. The SMILES string of the molecule is Cc1cc([C@@H](C)Nc2ccccc2C(=O)O)c2oc(-c3cnc(N(C)C)s3)c(C)c(=O)c2c1. The Labute approximate surface area is 195 Å². The number of fused-ring (bicyclic) bond motifs is 1. The third-order valence-electron chi connectivity index (χ3n) is 5.49. The molecule has 0 amide bonds. The molecule has 0 bridgehead atoms. The number of hydrogen-bond acceptors (Lipinski definition) is 7. The number of carbonyl (C=O) groups is 1. The van der Waals surface area contributed by atoms with Crippen LogP contribution >= 0.6 is 11.3 Å². The van der Waals surface area contributed by atoms with Gasteiger partial charge in [-0.25, -0.2) is 9.78 Å². The number of rotatable bonds is 6. The van der Waals surface area contributed by atoms with Crippen LogP contribution in [0.25, 0.3) is 21.6 Å². The number of nitrogens with one attached hydrogen (secondary N) is 1. The molecule has 0 aliphatic carbocycles. The van der Waals surface area contributed by atoms with E-state index in [2.05, 4.69) is 10.3 Å². The Hall–Kier alpha value is -3.65. The summed E-state index contributed by atoms with van der Waals surface area (Å²) in [5.74, 6) is -0.507. The van der Waals surface area contributed by atoms with Crippen LogP contribution in [0.4, 0.5) is 10.8 Å². The summed E-state index contributed by atoms with van der Waals surface area (Å²) in [7, 11) is 3.82. The molecule has 0 aliphatic rings. The third kappa shape index (κ3) is 4.21. The molecule has 0 radical (unpaired) electrons. The molecule has 2 aromatic carbocycles. The van der Waals surface area contributed by atoms with Crippen LogP contribution in [0.3, 0.4) is 0 Å². The van der Waals surface area contributed by atoms with Crippen LogP contribution in [0.5, 0.6) is 0 Å². The molecule has 2 N–H and O–H groups in total. The number of aromatic carboxylic acids is 1. The maximum atomic E-state index is 13.3. The zero-order valence-electron chi connectivity index (χ0n) is 19.1. The molecule has 170 valence electrons. The number of aromatic nitrogens is 1. The fourth-order valence-electron chi connectivity index (χ4n) is 3.81. The van der Waals surface area contributed by atoms with Gasteiger partial charge in [0.25, 0.3) is 0 Å². The van der Waals surface area contributed by atoms with Crippen LogP contribution in [0.1, 0.15) is 40.0 Å². The van der Waals surface area contributed by atoms with E-state index >= 15 is 0 Å². The number of thiazole rings is 1. The molecular formula is C25H25N3O4S. The first kappa shape index (κ1) is 22.5. The highest BCUT2D eigenvalue weighted by Gasteiger charge is 2.21.